The van der Waals surface area contributed by atoms with Crippen LogP contribution in [0.2, 0.25) is 0 Å². The molecule has 3 rings (SSSR count). The van der Waals surface area contributed by atoms with Crippen LogP contribution in [0.3, 0.4) is 0 Å². The van der Waals surface area contributed by atoms with Crippen molar-refractivity contribution in [2.45, 2.75) is 0 Å². The number of hydrogen-bond donors (Lipinski definition) is 2. The fourth-order valence-electron chi connectivity index (χ4n) is 2.39. The highest BCUT2D eigenvalue weighted by atomic mass is 16.5. The number of ether oxygens (including phenoxy) is 1. The van der Waals surface area contributed by atoms with Crippen molar-refractivity contribution >= 4 is 28.9 Å². The Balaban J connectivity index is 1.55. The molecule has 0 radical (unpaired) electrons. The Morgan fingerprint density at radius 1 is 1.00 bits per heavy atom. The number of benzene rings is 3. The van der Waals surface area contributed by atoms with Gasteiger partial charge in [-0.25, -0.2) is 10.2 Å². The van der Waals surface area contributed by atoms with E-state index in [9.17, 15) is 9.59 Å². The molecule has 26 heavy (non-hydrogen) atoms. The lowest BCUT2D eigenvalue weighted by Crippen LogP contribution is -2.24. The fourth-order valence-corrected chi connectivity index (χ4v) is 2.39. The van der Waals surface area contributed by atoms with E-state index in [-0.39, 0.29) is 12.2 Å². The Morgan fingerprint density at radius 2 is 1.73 bits per heavy atom. The van der Waals surface area contributed by atoms with Gasteiger partial charge in [0.1, 0.15) is 5.75 Å². The summed E-state index contributed by atoms with van der Waals surface area (Å²) in [5.41, 5.74) is 3.24. The van der Waals surface area contributed by atoms with Crippen molar-refractivity contribution in [2.24, 2.45) is 5.10 Å². The topological polar surface area (TPSA) is 88.0 Å². The maximum Gasteiger partial charge on any atom is 0.335 e. The third-order valence-electron chi connectivity index (χ3n) is 3.67. The van der Waals surface area contributed by atoms with E-state index in [2.05, 4.69) is 10.5 Å². The number of aromatic carboxylic acids is 1. The standard InChI is InChI=1S/C20H16N2O4/c23-19(22-21-12-14-8-10-16(11-9-14)20(24)25)13-26-18-7-3-5-15-4-1-2-6-17(15)18/h1-12H,13H2,(H,22,23)(H,24,25). The summed E-state index contributed by atoms with van der Waals surface area (Å²) in [6.07, 6.45) is 1.43. The summed E-state index contributed by atoms with van der Waals surface area (Å²) in [5, 5.41) is 14.6. The van der Waals surface area contributed by atoms with Crippen LogP contribution in [0.25, 0.3) is 10.8 Å². The molecule has 0 aliphatic carbocycles. The molecular weight excluding hydrogens is 332 g/mol. The summed E-state index contributed by atoms with van der Waals surface area (Å²) in [5.74, 6) is -0.754. The predicted octanol–water partition coefficient (Wildman–Crippen LogP) is 3.07. The maximum atomic E-state index is 11.9. The number of hydrogen-bond acceptors (Lipinski definition) is 4. The van der Waals surface area contributed by atoms with Gasteiger partial charge >= 0.3 is 5.97 Å². The quantitative estimate of drug-likeness (QED) is 0.529. The van der Waals surface area contributed by atoms with Gasteiger partial charge in [-0.15, -0.1) is 0 Å². The molecule has 0 atom stereocenters. The second-order valence-electron chi connectivity index (χ2n) is 5.49. The second-order valence-corrected chi connectivity index (χ2v) is 5.49. The van der Waals surface area contributed by atoms with Crippen LogP contribution in [0, 0.1) is 0 Å². The van der Waals surface area contributed by atoms with E-state index in [1.54, 1.807) is 12.1 Å². The van der Waals surface area contributed by atoms with Crippen LogP contribution in [-0.2, 0) is 4.79 Å². The minimum Gasteiger partial charge on any atom is -0.483 e. The average Bonchev–Trinajstić information content (AvgIpc) is 2.66. The zero-order chi connectivity index (χ0) is 18.4. The molecule has 0 aromatic heterocycles. The fraction of sp³-hybridized carbons (Fsp3) is 0.0500. The lowest BCUT2D eigenvalue weighted by molar-refractivity contribution is -0.123. The van der Waals surface area contributed by atoms with Gasteiger partial charge in [0, 0.05) is 5.39 Å². The summed E-state index contributed by atoms with van der Waals surface area (Å²) < 4.78 is 5.57. The number of carboxylic acid groups (broad SMARTS) is 1. The summed E-state index contributed by atoms with van der Waals surface area (Å²) in [6, 6.07) is 19.6. The first kappa shape index (κ1) is 17.2. The summed E-state index contributed by atoms with van der Waals surface area (Å²) in [4.78, 5) is 22.6. The van der Waals surface area contributed by atoms with E-state index in [1.807, 2.05) is 42.5 Å². The van der Waals surface area contributed by atoms with Gasteiger partial charge in [0.25, 0.3) is 5.91 Å². The van der Waals surface area contributed by atoms with Gasteiger partial charge in [-0.3, -0.25) is 4.79 Å². The molecule has 6 heteroatoms. The number of amides is 1. The second kappa shape index (κ2) is 7.94. The van der Waals surface area contributed by atoms with Crippen LogP contribution in [-0.4, -0.2) is 29.8 Å². The van der Waals surface area contributed by atoms with E-state index in [0.29, 0.717) is 11.3 Å². The molecule has 0 heterocycles. The first-order chi connectivity index (χ1) is 12.6. The Bertz CT molecular complexity index is 960. The molecule has 0 aliphatic rings. The minimum absolute atomic E-state index is 0.163. The molecule has 1 amide bonds. The first-order valence-electron chi connectivity index (χ1n) is 7.89. The van der Waals surface area contributed by atoms with Crippen LogP contribution in [0.4, 0.5) is 0 Å². The van der Waals surface area contributed by atoms with Gasteiger partial charge in [-0.05, 0) is 29.1 Å². The number of nitrogens with zero attached hydrogens (tertiary/aromatic N) is 1. The lowest BCUT2D eigenvalue weighted by atomic mass is 10.1. The number of carbonyl (C=O) groups excluding carboxylic acids is 1. The molecule has 0 fully saturated rings. The summed E-state index contributed by atoms with van der Waals surface area (Å²) >= 11 is 0. The van der Waals surface area contributed by atoms with Crippen LogP contribution in [0.1, 0.15) is 15.9 Å². The van der Waals surface area contributed by atoms with Crippen LogP contribution < -0.4 is 10.2 Å². The number of carboxylic acids is 1. The molecule has 130 valence electrons. The highest BCUT2D eigenvalue weighted by Gasteiger charge is 2.05. The van der Waals surface area contributed by atoms with Gasteiger partial charge in [0.2, 0.25) is 0 Å². The highest BCUT2D eigenvalue weighted by Crippen LogP contribution is 2.24. The van der Waals surface area contributed by atoms with Crippen molar-refractivity contribution < 1.29 is 19.4 Å². The molecule has 2 N–H and O–H groups in total. The Kier molecular flexibility index (Phi) is 5.24. The van der Waals surface area contributed by atoms with Gasteiger partial charge in [0.15, 0.2) is 6.61 Å². The Hall–Kier alpha value is -3.67. The molecule has 0 bridgehead atoms. The number of fused-ring (bicyclic) bond motifs is 1. The van der Waals surface area contributed by atoms with E-state index >= 15 is 0 Å². The van der Waals surface area contributed by atoms with E-state index in [0.717, 1.165) is 10.8 Å². The monoisotopic (exact) mass is 348 g/mol. The third-order valence-corrected chi connectivity index (χ3v) is 3.67. The molecule has 0 spiro atoms. The molecule has 0 saturated heterocycles. The molecule has 0 saturated carbocycles. The van der Waals surface area contributed by atoms with E-state index in [1.165, 1.54) is 18.3 Å². The van der Waals surface area contributed by atoms with Crippen LogP contribution in [0.5, 0.6) is 5.75 Å². The Morgan fingerprint density at radius 3 is 2.50 bits per heavy atom. The minimum atomic E-state index is -0.993. The molecular formula is C20H16N2O4. The molecule has 0 aliphatic heterocycles. The Labute approximate surface area is 149 Å². The van der Waals surface area contributed by atoms with Crippen molar-refractivity contribution in [3.8, 4) is 5.75 Å². The predicted molar refractivity (Wildman–Crippen MR) is 98.6 cm³/mol. The van der Waals surface area contributed by atoms with Gasteiger partial charge < -0.3 is 9.84 Å². The lowest BCUT2D eigenvalue weighted by Gasteiger charge is -2.08. The summed E-state index contributed by atoms with van der Waals surface area (Å²) in [7, 11) is 0. The molecule has 6 nitrogen and oxygen atoms in total. The van der Waals surface area contributed by atoms with Crippen molar-refractivity contribution in [1.82, 2.24) is 5.43 Å². The number of nitrogens with one attached hydrogen (secondary N) is 1. The number of rotatable bonds is 6. The number of carbonyl (C=O) groups is 2. The zero-order valence-corrected chi connectivity index (χ0v) is 13.8. The van der Waals surface area contributed by atoms with Gasteiger partial charge in [-0.2, -0.15) is 5.10 Å². The molecule has 3 aromatic rings. The van der Waals surface area contributed by atoms with Gasteiger partial charge in [-0.1, -0.05) is 48.5 Å². The van der Waals surface area contributed by atoms with E-state index in [4.69, 9.17) is 9.84 Å². The molecule has 3 aromatic carbocycles. The normalized spacial score (nSPS) is 10.8. The number of hydrazone groups is 1. The largest absolute Gasteiger partial charge is 0.483 e. The van der Waals surface area contributed by atoms with Crippen LogP contribution >= 0.6 is 0 Å². The molecule has 0 unspecified atom stereocenters. The summed E-state index contributed by atoms with van der Waals surface area (Å²) in [6.45, 7) is -0.163. The zero-order valence-electron chi connectivity index (χ0n) is 13.8. The first-order valence-corrected chi connectivity index (χ1v) is 7.89. The highest BCUT2D eigenvalue weighted by molar-refractivity contribution is 5.90. The third kappa shape index (κ3) is 4.24. The SMILES string of the molecule is O=C(COc1cccc2ccccc12)NN=Cc1ccc(C(=O)O)cc1. The van der Waals surface area contributed by atoms with Crippen molar-refractivity contribution in [2.75, 3.05) is 6.61 Å². The van der Waals surface area contributed by atoms with Gasteiger partial charge in [0.05, 0.1) is 11.8 Å². The van der Waals surface area contributed by atoms with Crippen molar-refractivity contribution in [3.05, 3.63) is 77.9 Å². The van der Waals surface area contributed by atoms with Crippen molar-refractivity contribution in [1.29, 1.82) is 0 Å². The maximum absolute atomic E-state index is 11.9. The van der Waals surface area contributed by atoms with Crippen molar-refractivity contribution in [3.63, 3.8) is 0 Å². The average molecular weight is 348 g/mol. The smallest absolute Gasteiger partial charge is 0.335 e. The van der Waals surface area contributed by atoms with E-state index < -0.39 is 11.9 Å². The van der Waals surface area contributed by atoms with Crippen LogP contribution in [0.15, 0.2) is 71.8 Å².